The average molecular weight is 315 g/mol. The highest BCUT2D eigenvalue weighted by molar-refractivity contribution is 5.71. The number of nitrogens with zero attached hydrogens (tertiary/aromatic N) is 1. The maximum Gasteiger partial charge on any atom is 0.410 e. The van der Waals surface area contributed by atoms with Crippen LogP contribution >= 0.6 is 0 Å². The molecule has 6 heteroatoms. The Hall–Kier alpha value is -1.30. The van der Waals surface area contributed by atoms with Crippen molar-refractivity contribution in [2.75, 3.05) is 19.7 Å². The van der Waals surface area contributed by atoms with Gasteiger partial charge in [0.25, 0.3) is 0 Å². The van der Waals surface area contributed by atoms with Crippen molar-refractivity contribution in [2.45, 2.75) is 71.7 Å². The van der Waals surface area contributed by atoms with Gasteiger partial charge in [-0.25, -0.2) is 9.59 Å². The van der Waals surface area contributed by atoms with Crippen molar-refractivity contribution in [2.24, 2.45) is 0 Å². The van der Waals surface area contributed by atoms with Gasteiger partial charge in [-0.1, -0.05) is 0 Å². The first-order valence-corrected chi connectivity index (χ1v) is 7.78. The third kappa shape index (κ3) is 7.64. The van der Waals surface area contributed by atoms with Crippen LogP contribution in [-0.4, -0.2) is 54.0 Å². The lowest BCUT2D eigenvalue weighted by molar-refractivity contribution is -0.163. The van der Waals surface area contributed by atoms with Crippen LogP contribution in [0.4, 0.5) is 4.79 Å². The van der Waals surface area contributed by atoms with Crippen molar-refractivity contribution in [3.63, 3.8) is 0 Å². The number of ether oxygens (including phenoxy) is 3. The Morgan fingerprint density at radius 2 is 1.64 bits per heavy atom. The van der Waals surface area contributed by atoms with Crippen molar-refractivity contribution < 1.29 is 23.8 Å². The second-order valence-electron chi connectivity index (χ2n) is 7.59. The number of carbonyl (C=O) groups excluding carboxylic acids is 2. The van der Waals surface area contributed by atoms with Crippen LogP contribution in [0.3, 0.4) is 0 Å². The highest BCUT2D eigenvalue weighted by Crippen LogP contribution is 2.17. The topological polar surface area (TPSA) is 65.1 Å². The lowest BCUT2D eigenvalue weighted by atomic mass is 10.1. The fourth-order valence-electron chi connectivity index (χ4n) is 2.12. The molecule has 1 aliphatic heterocycles. The van der Waals surface area contributed by atoms with E-state index in [9.17, 15) is 9.59 Å². The minimum atomic E-state index is -0.518. The Balaban J connectivity index is 2.40. The van der Waals surface area contributed by atoms with Gasteiger partial charge in [0.1, 0.15) is 17.8 Å². The molecule has 0 radical (unpaired) electrons. The second kappa shape index (κ2) is 7.31. The SMILES string of the molecule is CC(C)(C)OC(=O)CO[C@H]1CCCN(C(=O)OC(C)(C)C)C1. The van der Waals surface area contributed by atoms with Crippen molar-refractivity contribution in [3.8, 4) is 0 Å². The molecule has 6 nitrogen and oxygen atoms in total. The number of hydrogen-bond donors (Lipinski definition) is 0. The van der Waals surface area contributed by atoms with E-state index >= 15 is 0 Å². The van der Waals surface area contributed by atoms with E-state index < -0.39 is 11.2 Å². The molecule has 0 aliphatic carbocycles. The van der Waals surface area contributed by atoms with Crippen molar-refractivity contribution in [3.05, 3.63) is 0 Å². The number of piperidine rings is 1. The monoisotopic (exact) mass is 315 g/mol. The Morgan fingerprint density at radius 1 is 1.05 bits per heavy atom. The normalized spacial score (nSPS) is 19.7. The molecule has 0 aromatic carbocycles. The fraction of sp³-hybridized carbons (Fsp3) is 0.875. The van der Waals surface area contributed by atoms with Crippen LogP contribution in [0.25, 0.3) is 0 Å². The van der Waals surface area contributed by atoms with Crippen LogP contribution in [0, 0.1) is 0 Å². The molecule has 0 bridgehead atoms. The molecule has 0 N–H and O–H groups in total. The smallest absolute Gasteiger partial charge is 0.410 e. The highest BCUT2D eigenvalue weighted by atomic mass is 16.6. The summed E-state index contributed by atoms with van der Waals surface area (Å²) >= 11 is 0. The summed E-state index contributed by atoms with van der Waals surface area (Å²) in [4.78, 5) is 25.3. The quantitative estimate of drug-likeness (QED) is 0.749. The number of esters is 1. The van der Waals surface area contributed by atoms with Gasteiger partial charge in [-0.3, -0.25) is 0 Å². The molecule has 1 fully saturated rings. The predicted molar refractivity (Wildman–Crippen MR) is 82.6 cm³/mol. The molecular weight excluding hydrogens is 286 g/mol. The summed E-state index contributed by atoms with van der Waals surface area (Å²) in [5.74, 6) is -0.387. The third-order valence-electron chi connectivity index (χ3n) is 2.89. The van der Waals surface area contributed by atoms with E-state index in [1.807, 2.05) is 41.5 Å². The molecule has 0 spiro atoms. The number of likely N-dealkylation sites (tertiary alicyclic amines) is 1. The van der Waals surface area contributed by atoms with Gasteiger partial charge in [0.2, 0.25) is 0 Å². The molecule has 1 saturated heterocycles. The molecule has 0 unspecified atom stereocenters. The first kappa shape index (κ1) is 18.7. The highest BCUT2D eigenvalue weighted by Gasteiger charge is 2.28. The van der Waals surface area contributed by atoms with E-state index in [1.54, 1.807) is 4.90 Å². The van der Waals surface area contributed by atoms with E-state index in [1.165, 1.54) is 0 Å². The van der Waals surface area contributed by atoms with Gasteiger partial charge in [-0.2, -0.15) is 0 Å². The minimum absolute atomic E-state index is 0.0932. The lowest BCUT2D eigenvalue weighted by Gasteiger charge is -2.34. The fourth-order valence-corrected chi connectivity index (χ4v) is 2.12. The molecule has 1 rings (SSSR count). The summed E-state index contributed by atoms with van der Waals surface area (Å²) < 4.78 is 16.1. The first-order valence-electron chi connectivity index (χ1n) is 7.78. The van der Waals surface area contributed by atoms with Crippen LogP contribution < -0.4 is 0 Å². The third-order valence-corrected chi connectivity index (χ3v) is 2.89. The zero-order valence-electron chi connectivity index (χ0n) is 14.6. The lowest BCUT2D eigenvalue weighted by Crippen LogP contribution is -2.45. The van der Waals surface area contributed by atoms with E-state index in [-0.39, 0.29) is 24.8 Å². The van der Waals surface area contributed by atoms with E-state index in [4.69, 9.17) is 14.2 Å². The van der Waals surface area contributed by atoms with E-state index in [2.05, 4.69) is 0 Å². The molecule has 1 aliphatic rings. The Kier molecular flexibility index (Phi) is 6.23. The first-order chi connectivity index (χ1) is 9.96. The van der Waals surface area contributed by atoms with Crippen LogP contribution in [0.5, 0.6) is 0 Å². The summed E-state index contributed by atoms with van der Waals surface area (Å²) in [5, 5.41) is 0. The molecule has 128 valence electrons. The maximum absolute atomic E-state index is 12.0. The van der Waals surface area contributed by atoms with Crippen LogP contribution in [0.2, 0.25) is 0 Å². The minimum Gasteiger partial charge on any atom is -0.458 e. The van der Waals surface area contributed by atoms with Gasteiger partial charge in [-0.15, -0.1) is 0 Å². The summed E-state index contributed by atoms with van der Waals surface area (Å²) in [6.07, 6.45) is 1.16. The van der Waals surface area contributed by atoms with Gasteiger partial charge in [-0.05, 0) is 54.4 Å². The summed E-state index contributed by atoms with van der Waals surface area (Å²) in [6.45, 7) is 12.0. The van der Waals surface area contributed by atoms with Gasteiger partial charge in [0, 0.05) is 6.54 Å². The summed E-state index contributed by atoms with van der Waals surface area (Å²) in [5.41, 5.74) is -1.03. The summed E-state index contributed by atoms with van der Waals surface area (Å²) in [7, 11) is 0. The Labute approximate surface area is 133 Å². The zero-order valence-corrected chi connectivity index (χ0v) is 14.6. The molecular formula is C16H29NO5. The standard InChI is InChI=1S/C16H29NO5/c1-15(2,3)21-13(18)11-20-12-8-7-9-17(10-12)14(19)22-16(4,5)6/h12H,7-11H2,1-6H3/t12-/m0/s1. The Bertz CT molecular complexity index is 394. The number of carbonyl (C=O) groups is 2. The van der Waals surface area contributed by atoms with Crippen LogP contribution in [-0.2, 0) is 19.0 Å². The van der Waals surface area contributed by atoms with Crippen LogP contribution in [0.1, 0.15) is 54.4 Å². The van der Waals surface area contributed by atoms with Crippen molar-refractivity contribution in [1.29, 1.82) is 0 Å². The van der Waals surface area contributed by atoms with Crippen molar-refractivity contribution in [1.82, 2.24) is 4.90 Å². The van der Waals surface area contributed by atoms with E-state index in [0.29, 0.717) is 13.1 Å². The average Bonchev–Trinajstić information content (AvgIpc) is 2.32. The van der Waals surface area contributed by atoms with Gasteiger partial charge < -0.3 is 19.1 Å². The molecule has 22 heavy (non-hydrogen) atoms. The maximum atomic E-state index is 12.0. The van der Waals surface area contributed by atoms with Gasteiger partial charge in [0.05, 0.1) is 12.6 Å². The summed E-state index contributed by atoms with van der Waals surface area (Å²) in [6, 6.07) is 0. The Morgan fingerprint density at radius 3 is 2.18 bits per heavy atom. The molecule has 0 aromatic heterocycles. The predicted octanol–water partition coefficient (Wildman–Crippen LogP) is 2.74. The largest absolute Gasteiger partial charge is 0.458 e. The van der Waals surface area contributed by atoms with Gasteiger partial charge in [0.15, 0.2) is 0 Å². The molecule has 0 saturated carbocycles. The van der Waals surface area contributed by atoms with Crippen molar-refractivity contribution >= 4 is 12.1 Å². The molecule has 1 heterocycles. The van der Waals surface area contributed by atoms with Crippen LogP contribution in [0.15, 0.2) is 0 Å². The molecule has 1 amide bonds. The second-order valence-corrected chi connectivity index (χ2v) is 7.59. The molecule has 0 aromatic rings. The number of amides is 1. The number of rotatable bonds is 3. The van der Waals surface area contributed by atoms with Gasteiger partial charge >= 0.3 is 12.1 Å². The zero-order chi connectivity index (χ0) is 17.0. The van der Waals surface area contributed by atoms with E-state index in [0.717, 1.165) is 12.8 Å². The molecule has 1 atom stereocenters. The number of hydrogen-bond acceptors (Lipinski definition) is 5.